The lowest BCUT2D eigenvalue weighted by Gasteiger charge is -2.20. The van der Waals surface area contributed by atoms with Crippen molar-refractivity contribution in [2.24, 2.45) is 0 Å². The molecule has 0 radical (unpaired) electrons. The van der Waals surface area contributed by atoms with Crippen LogP contribution in [-0.4, -0.2) is 0 Å². The van der Waals surface area contributed by atoms with Crippen molar-refractivity contribution in [3.05, 3.63) is 70.8 Å². The summed E-state index contributed by atoms with van der Waals surface area (Å²) in [5, 5.41) is 0. The second-order valence-electron chi connectivity index (χ2n) is 4.72. The van der Waals surface area contributed by atoms with Crippen LogP contribution in [0.3, 0.4) is 0 Å². The fraction of sp³-hybridized carbons (Fsp3) is 0.250. The zero-order valence-corrected chi connectivity index (χ0v) is 12.4. The molecule has 0 saturated carbocycles. The van der Waals surface area contributed by atoms with Crippen molar-refractivity contribution in [3.8, 4) is 0 Å². The highest BCUT2D eigenvalue weighted by atomic mass is 79.9. The number of aryl methyl sites for hydroxylation is 1. The van der Waals surface area contributed by atoms with Crippen LogP contribution >= 0.6 is 15.9 Å². The van der Waals surface area contributed by atoms with Crippen molar-refractivity contribution in [2.75, 3.05) is 0 Å². The highest BCUT2D eigenvalue weighted by Gasteiger charge is 2.22. The summed E-state index contributed by atoms with van der Waals surface area (Å²) in [6.07, 6.45) is 0. The summed E-state index contributed by atoms with van der Waals surface area (Å²) in [6, 6.07) is 12.3. The van der Waals surface area contributed by atoms with E-state index in [1.165, 1.54) is 12.1 Å². The maximum atomic E-state index is 14.0. The smallest absolute Gasteiger partial charge is 0.128 e. The quantitative estimate of drug-likeness (QED) is 0.653. The highest BCUT2D eigenvalue weighted by Crippen LogP contribution is 2.39. The van der Waals surface area contributed by atoms with Gasteiger partial charge in [0.15, 0.2) is 0 Å². The number of rotatable bonds is 3. The fourth-order valence-electron chi connectivity index (χ4n) is 2.07. The molecule has 0 nitrogen and oxygen atoms in total. The summed E-state index contributed by atoms with van der Waals surface area (Å²) < 4.78 is 27.6. The molecule has 2 aromatic rings. The van der Waals surface area contributed by atoms with Gasteiger partial charge in [0.25, 0.3) is 0 Å². The molecule has 0 aromatic heterocycles. The molecule has 3 heteroatoms. The lowest BCUT2D eigenvalue weighted by Crippen LogP contribution is -2.05. The van der Waals surface area contributed by atoms with Gasteiger partial charge in [-0.2, -0.15) is 0 Å². The third-order valence-electron chi connectivity index (χ3n) is 3.34. The molecule has 100 valence electrons. The van der Waals surface area contributed by atoms with Crippen LogP contribution in [0, 0.1) is 18.6 Å². The van der Waals surface area contributed by atoms with Crippen LogP contribution in [0.15, 0.2) is 42.5 Å². The first-order valence-electron chi connectivity index (χ1n) is 6.15. The van der Waals surface area contributed by atoms with Gasteiger partial charge in [0.1, 0.15) is 11.6 Å². The predicted molar refractivity (Wildman–Crippen MR) is 77.6 cm³/mol. The Morgan fingerprint density at radius 2 is 1.63 bits per heavy atom. The summed E-state index contributed by atoms with van der Waals surface area (Å²) >= 11 is 3.49. The van der Waals surface area contributed by atoms with Gasteiger partial charge in [-0.05, 0) is 36.1 Å². The van der Waals surface area contributed by atoms with Crippen molar-refractivity contribution in [1.29, 1.82) is 0 Å². The van der Waals surface area contributed by atoms with Crippen LogP contribution in [0.4, 0.5) is 8.78 Å². The molecule has 0 heterocycles. The molecule has 2 aromatic carbocycles. The fourth-order valence-corrected chi connectivity index (χ4v) is 2.72. The minimum Gasteiger partial charge on any atom is -0.207 e. The van der Waals surface area contributed by atoms with E-state index in [9.17, 15) is 8.78 Å². The summed E-state index contributed by atoms with van der Waals surface area (Å²) in [4.78, 5) is -0.259. The number of hydrogen-bond acceptors (Lipinski definition) is 0. The van der Waals surface area contributed by atoms with Crippen molar-refractivity contribution < 1.29 is 8.78 Å². The first-order valence-corrected chi connectivity index (χ1v) is 7.07. The topological polar surface area (TPSA) is 0 Å². The molecule has 0 saturated heterocycles. The molecule has 0 amide bonds. The van der Waals surface area contributed by atoms with Gasteiger partial charge < -0.3 is 0 Å². The Labute approximate surface area is 120 Å². The Balaban J connectivity index is 2.34. The monoisotopic (exact) mass is 324 g/mol. The number of benzene rings is 2. The van der Waals surface area contributed by atoms with Crippen LogP contribution in [-0.2, 0) is 0 Å². The lowest BCUT2D eigenvalue weighted by molar-refractivity contribution is 0.569. The predicted octanol–water partition coefficient (Wildman–Crippen LogP) is 5.51. The van der Waals surface area contributed by atoms with Crippen molar-refractivity contribution in [3.63, 3.8) is 0 Å². The molecule has 2 atom stereocenters. The van der Waals surface area contributed by atoms with Crippen LogP contribution < -0.4 is 0 Å². The normalized spacial score (nSPS) is 14.2. The summed E-state index contributed by atoms with van der Waals surface area (Å²) in [6.45, 7) is 3.55. The highest BCUT2D eigenvalue weighted by molar-refractivity contribution is 9.09. The number of halogens is 3. The van der Waals surface area contributed by atoms with Gasteiger partial charge in [-0.1, -0.05) is 53.2 Å². The summed E-state index contributed by atoms with van der Waals surface area (Å²) in [5.74, 6) is -0.692. The second kappa shape index (κ2) is 5.83. The van der Waals surface area contributed by atoms with E-state index < -0.39 is 0 Å². The standard InChI is InChI=1S/C16H15BrF2/c1-10-8-15(19)13(9-14(10)18)16(17)11(2)12-6-4-3-5-7-12/h3-9,11,16H,1-2H3. The third kappa shape index (κ3) is 3.03. The first kappa shape index (κ1) is 14.2. The molecular weight excluding hydrogens is 310 g/mol. The molecule has 0 bridgehead atoms. The van der Waals surface area contributed by atoms with E-state index in [2.05, 4.69) is 15.9 Å². The van der Waals surface area contributed by atoms with Gasteiger partial charge in [0.05, 0.1) is 0 Å². The van der Waals surface area contributed by atoms with E-state index in [-0.39, 0.29) is 22.4 Å². The van der Waals surface area contributed by atoms with Crippen LogP contribution in [0.2, 0.25) is 0 Å². The molecule has 0 N–H and O–H groups in total. The van der Waals surface area contributed by atoms with Crippen LogP contribution in [0.25, 0.3) is 0 Å². The molecule has 2 rings (SSSR count). The zero-order valence-electron chi connectivity index (χ0n) is 10.8. The van der Waals surface area contributed by atoms with Crippen LogP contribution in [0.1, 0.15) is 34.4 Å². The SMILES string of the molecule is Cc1cc(F)c(C(Br)C(C)c2ccccc2)cc1F. The molecule has 2 unspecified atom stereocenters. The largest absolute Gasteiger partial charge is 0.207 e. The van der Waals surface area contributed by atoms with E-state index in [0.717, 1.165) is 5.56 Å². The lowest BCUT2D eigenvalue weighted by atomic mass is 9.93. The minimum atomic E-state index is -0.374. The van der Waals surface area contributed by atoms with E-state index >= 15 is 0 Å². The summed E-state index contributed by atoms with van der Waals surface area (Å²) in [5.41, 5.74) is 1.78. The maximum Gasteiger partial charge on any atom is 0.128 e. The second-order valence-corrected chi connectivity index (χ2v) is 5.71. The van der Waals surface area contributed by atoms with Gasteiger partial charge in [0, 0.05) is 10.4 Å². The average molecular weight is 325 g/mol. The molecule has 0 fully saturated rings. The van der Waals surface area contributed by atoms with Gasteiger partial charge in [-0.25, -0.2) is 8.78 Å². The molecule has 0 aliphatic carbocycles. The average Bonchev–Trinajstić information content (AvgIpc) is 2.42. The number of hydrogen-bond donors (Lipinski definition) is 0. The zero-order chi connectivity index (χ0) is 14.0. The van der Waals surface area contributed by atoms with Gasteiger partial charge in [-0.15, -0.1) is 0 Å². The maximum absolute atomic E-state index is 14.0. The van der Waals surface area contributed by atoms with Crippen LogP contribution in [0.5, 0.6) is 0 Å². The minimum absolute atomic E-state index is 0.0535. The third-order valence-corrected chi connectivity index (χ3v) is 4.63. The van der Waals surface area contributed by atoms with E-state index in [1.54, 1.807) is 6.92 Å². The van der Waals surface area contributed by atoms with Gasteiger partial charge >= 0.3 is 0 Å². The molecule has 0 aliphatic heterocycles. The summed E-state index contributed by atoms with van der Waals surface area (Å²) in [7, 11) is 0. The van der Waals surface area contributed by atoms with E-state index in [1.807, 2.05) is 37.3 Å². The van der Waals surface area contributed by atoms with Crippen molar-refractivity contribution in [1.82, 2.24) is 0 Å². The first-order chi connectivity index (χ1) is 9.00. The molecule has 0 aliphatic rings. The Bertz CT molecular complexity index is 566. The number of alkyl halides is 1. The van der Waals surface area contributed by atoms with E-state index in [0.29, 0.717) is 11.1 Å². The van der Waals surface area contributed by atoms with Gasteiger partial charge in [-0.3, -0.25) is 0 Å². The Kier molecular flexibility index (Phi) is 4.35. The van der Waals surface area contributed by atoms with Gasteiger partial charge in [0.2, 0.25) is 0 Å². The molecular formula is C16H15BrF2. The Morgan fingerprint density at radius 3 is 2.26 bits per heavy atom. The Morgan fingerprint density at radius 1 is 1.00 bits per heavy atom. The van der Waals surface area contributed by atoms with Crippen molar-refractivity contribution >= 4 is 15.9 Å². The molecule has 0 spiro atoms. The van der Waals surface area contributed by atoms with E-state index in [4.69, 9.17) is 0 Å². The van der Waals surface area contributed by atoms with Crippen molar-refractivity contribution in [2.45, 2.75) is 24.6 Å². The molecule has 19 heavy (non-hydrogen) atoms. The Hall–Kier alpha value is -1.22.